The van der Waals surface area contributed by atoms with Crippen molar-refractivity contribution in [2.45, 2.75) is 39.7 Å². The molecule has 1 saturated heterocycles. The molecule has 3 heteroatoms. The Hall–Kier alpha value is -0.570. The first-order chi connectivity index (χ1) is 6.56. The van der Waals surface area contributed by atoms with Gasteiger partial charge in [0.25, 0.3) is 0 Å². The van der Waals surface area contributed by atoms with E-state index in [-0.39, 0.29) is 11.8 Å². The zero-order chi connectivity index (χ0) is 10.7. The van der Waals surface area contributed by atoms with Gasteiger partial charge in [0.05, 0.1) is 0 Å². The topological polar surface area (TPSA) is 46.3 Å². The largest absolute Gasteiger partial charge is 0.339 e. The van der Waals surface area contributed by atoms with Gasteiger partial charge in [-0.15, -0.1) is 0 Å². The van der Waals surface area contributed by atoms with E-state index in [0.717, 1.165) is 13.0 Å². The van der Waals surface area contributed by atoms with Crippen molar-refractivity contribution >= 4 is 5.91 Å². The molecule has 0 aromatic heterocycles. The number of hydrogen-bond acceptors (Lipinski definition) is 2. The van der Waals surface area contributed by atoms with E-state index in [1.54, 1.807) is 0 Å². The minimum absolute atomic E-state index is 0.106. The third-order valence-electron chi connectivity index (χ3n) is 3.09. The summed E-state index contributed by atoms with van der Waals surface area (Å²) in [6.07, 6.45) is 2.26. The summed E-state index contributed by atoms with van der Waals surface area (Å²) in [6.45, 7) is 7.61. The average Bonchev–Trinajstić information content (AvgIpc) is 2.17. The molecule has 1 aliphatic heterocycles. The van der Waals surface area contributed by atoms with Gasteiger partial charge in [0.1, 0.15) is 0 Å². The Kier molecular flexibility index (Phi) is 3.93. The maximum Gasteiger partial charge on any atom is 0.225 e. The molecule has 0 aromatic carbocycles. The van der Waals surface area contributed by atoms with Crippen molar-refractivity contribution in [3.05, 3.63) is 0 Å². The van der Waals surface area contributed by atoms with E-state index >= 15 is 0 Å². The van der Waals surface area contributed by atoms with E-state index in [2.05, 4.69) is 6.92 Å². The fourth-order valence-electron chi connectivity index (χ4n) is 2.01. The fourth-order valence-corrected chi connectivity index (χ4v) is 2.01. The van der Waals surface area contributed by atoms with Crippen LogP contribution in [0.25, 0.3) is 0 Å². The summed E-state index contributed by atoms with van der Waals surface area (Å²) in [5, 5.41) is 0. The molecule has 2 atom stereocenters. The van der Waals surface area contributed by atoms with Crippen LogP contribution in [-0.2, 0) is 4.79 Å². The molecule has 0 saturated carbocycles. The molecule has 0 aromatic rings. The molecule has 1 rings (SSSR count). The van der Waals surface area contributed by atoms with Crippen molar-refractivity contribution < 1.29 is 4.79 Å². The maximum absolute atomic E-state index is 11.9. The number of nitrogens with zero attached hydrogens (tertiary/aromatic N) is 1. The van der Waals surface area contributed by atoms with Crippen LogP contribution in [0.15, 0.2) is 0 Å². The number of carbonyl (C=O) groups excluding carboxylic acids is 1. The Labute approximate surface area is 86.6 Å². The third kappa shape index (κ3) is 2.47. The van der Waals surface area contributed by atoms with E-state index in [4.69, 9.17) is 5.73 Å². The van der Waals surface area contributed by atoms with Crippen LogP contribution in [0.1, 0.15) is 33.6 Å². The lowest BCUT2D eigenvalue weighted by Crippen LogP contribution is -2.48. The Morgan fingerprint density at radius 1 is 1.50 bits per heavy atom. The molecule has 0 radical (unpaired) electrons. The van der Waals surface area contributed by atoms with Gasteiger partial charge in [0.2, 0.25) is 5.91 Å². The average molecular weight is 198 g/mol. The summed E-state index contributed by atoms with van der Waals surface area (Å²) in [7, 11) is 0. The zero-order valence-electron chi connectivity index (χ0n) is 9.49. The quantitative estimate of drug-likeness (QED) is 0.725. The third-order valence-corrected chi connectivity index (χ3v) is 3.09. The molecule has 0 bridgehead atoms. The predicted molar refractivity (Wildman–Crippen MR) is 57.8 cm³/mol. The van der Waals surface area contributed by atoms with Crippen molar-refractivity contribution in [1.29, 1.82) is 0 Å². The first-order valence-electron chi connectivity index (χ1n) is 5.56. The zero-order valence-corrected chi connectivity index (χ0v) is 9.49. The molecule has 1 heterocycles. The van der Waals surface area contributed by atoms with Crippen LogP contribution >= 0.6 is 0 Å². The first kappa shape index (κ1) is 11.5. The number of piperidine rings is 1. The van der Waals surface area contributed by atoms with Gasteiger partial charge in [-0.1, -0.05) is 13.8 Å². The highest BCUT2D eigenvalue weighted by Gasteiger charge is 2.29. The van der Waals surface area contributed by atoms with Crippen LogP contribution in [-0.4, -0.2) is 29.9 Å². The summed E-state index contributed by atoms with van der Waals surface area (Å²) in [4.78, 5) is 13.9. The summed E-state index contributed by atoms with van der Waals surface area (Å²) in [5.41, 5.74) is 5.65. The van der Waals surface area contributed by atoms with Crippen molar-refractivity contribution in [3.8, 4) is 0 Å². The standard InChI is InChI=1S/C11H22N2O/c1-8(2)11(14)13-7-10(6-12)5-4-9(13)3/h8-10H,4-7,12H2,1-3H3/t9-,10-/m0/s1. The molecular formula is C11H22N2O. The molecule has 1 amide bonds. The Morgan fingerprint density at radius 2 is 2.14 bits per heavy atom. The Morgan fingerprint density at radius 3 is 2.64 bits per heavy atom. The highest BCUT2D eigenvalue weighted by atomic mass is 16.2. The summed E-state index contributed by atoms with van der Waals surface area (Å²) < 4.78 is 0. The summed E-state index contributed by atoms with van der Waals surface area (Å²) in [5.74, 6) is 0.888. The molecule has 1 fully saturated rings. The molecule has 0 spiro atoms. The first-order valence-corrected chi connectivity index (χ1v) is 5.56. The molecule has 82 valence electrons. The number of amides is 1. The van der Waals surface area contributed by atoms with Gasteiger partial charge in [-0.25, -0.2) is 0 Å². The van der Waals surface area contributed by atoms with Crippen molar-refractivity contribution in [2.24, 2.45) is 17.6 Å². The molecule has 2 N–H and O–H groups in total. The second kappa shape index (κ2) is 4.78. The van der Waals surface area contributed by atoms with E-state index in [1.165, 1.54) is 6.42 Å². The maximum atomic E-state index is 11.9. The van der Waals surface area contributed by atoms with E-state index in [9.17, 15) is 4.79 Å². The number of rotatable bonds is 2. The monoisotopic (exact) mass is 198 g/mol. The van der Waals surface area contributed by atoms with Gasteiger partial charge in [-0.05, 0) is 32.2 Å². The lowest BCUT2D eigenvalue weighted by molar-refractivity contribution is -0.138. The predicted octanol–water partition coefficient (Wildman–Crippen LogP) is 1.23. The van der Waals surface area contributed by atoms with Crippen LogP contribution in [0.3, 0.4) is 0 Å². The van der Waals surface area contributed by atoms with Gasteiger partial charge in [-0.2, -0.15) is 0 Å². The minimum atomic E-state index is 0.106. The second-order valence-corrected chi connectivity index (χ2v) is 4.67. The van der Waals surface area contributed by atoms with Gasteiger partial charge in [-0.3, -0.25) is 4.79 Å². The van der Waals surface area contributed by atoms with Gasteiger partial charge >= 0.3 is 0 Å². The Bertz CT molecular complexity index is 203. The van der Waals surface area contributed by atoms with E-state index in [0.29, 0.717) is 18.5 Å². The SMILES string of the molecule is CC(C)C(=O)N1C[C@H](CN)CC[C@@H]1C. The van der Waals surface area contributed by atoms with Crippen LogP contribution < -0.4 is 5.73 Å². The van der Waals surface area contributed by atoms with Crippen molar-refractivity contribution in [2.75, 3.05) is 13.1 Å². The number of nitrogens with two attached hydrogens (primary N) is 1. The lowest BCUT2D eigenvalue weighted by atomic mass is 9.92. The minimum Gasteiger partial charge on any atom is -0.339 e. The smallest absolute Gasteiger partial charge is 0.225 e. The van der Waals surface area contributed by atoms with E-state index in [1.807, 2.05) is 18.7 Å². The molecule has 14 heavy (non-hydrogen) atoms. The van der Waals surface area contributed by atoms with Crippen molar-refractivity contribution in [3.63, 3.8) is 0 Å². The Balaban J connectivity index is 2.60. The fraction of sp³-hybridized carbons (Fsp3) is 0.909. The molecule has 3 nitrogen and oxygen atoms in total. The normalized spacial score (nSPS) is 28.2. The highest BCUT2D eigenvalue weighted by molar-refractivity contribution is 5.78. The van der Waals surface area contributed by atoms with Crippen LogP contribution in [0.2, 0.25) is 0 Å². The van der Waals surface area contributed by atoms with Gasteiger partial charge in [0.15, 0.2) is 0 Å². The van der Waals surface area contributed by atoms with Crippen LogP contribution in [0.5, 0.6) is 0 Å². The number of carbonyl (C=O) groups is 1. The van der Waals surface area contributed by atoms with Gasteiger partial charge < -0.3 is 10.6 Å². The van der Waals surface area contributed by atoms with E-state index < -0.39 is 0 Å². The van der Waals surface area contributed by atoms with Crippen molar-refractivity contribution in [1.82, 2.24) is 4.90 Å². The van der Waals surface area contributed by atoms with Crippen LogP contribution in [0, 0.1) is 11.8 Å². The second-order valence-electron chi connectivity index (χ2n) is 4.67. The molecular weight excluding hydrogens is 176 g/mol. The summed E-state index contributed by atoms with van der Waals surface area (Å²) >= 11 is 0. The molecule has 0 unspecified atom stereocenters. The lowest BCUT2D eigenvalue weighted by Gasteiger charge is -2.38. The molecule has 0 aliphatic carbocycles. The van der Waals surface area contributed by atoms with Crippen LogP contribution in [0.4, 0.5) is 0 Å². The molecule has 1 aliphatic rings. The number of likely N-dealkylation sites (tertiary alicyclic amines) is 1. The number of hydrogen-bond donors (Lipinski definition) is 1. The highest BCUT2D eigenvalue weighted by Crippen LogP contribution is 2.22. The summed E-state index contributed by atoms with van der Waals surface area (Å²) in [6, 6.07) is 0.396. The van der Waals surface area contributed by atoms with Gasteiger partial charge in [0, 0.05) is 18.5 Å².